The number of halogens is 3. The van der Waals surface area contributed by atoms with Gasteiger partial charge in [0.25, 0.3) is 0 Å². The summed E-state index contributed by atoms with van der Waals surface area (Å²) < 4.78 is 0. The summed E-state index contributed by atoms with van der Waals surface area (Å²) in [6.45, 7) is 1.60. The van der Waals surface area contributed by atoms with Gasteiger partial charge in [-0.3, -0.25) is 4.99 Å². The number of aliphatic hydroxyl groups excluding tert-OH is 1. The zero-order chi connectivity index (χ0) is 11.5. The first kappa shape index (κ1) is 14.6. The van der Waals surface area contributed by atoms with E-state index in [2.05, 4.69) is 10.3 Å². The molecule has 17 heavy (non-hydrogen) atoms. The minimum Gasteiger partial charge on any atom is -0.380 e. The number of rotatable bonds is 2. The fraction of sp³-hybridized carbons (Fsp3) is 0.364. The van der Waals surface area contributed by atoms with Gasteiger partial charge in [0.05, 0.1) is 10.0 Å². The van der Waals surface area contributed by atoms with Gasteiger partial charge in [0, 0.05) is 13.1 Å². The number of hydrogen-bond acceptors (Lipinski definition) is 3. The summed E-state index contributed by atoms with van der Waals surface area (Å²) in [5.41, 5.74) is 0.697. The van der Waals surface area contributed by atoms with Gasteiger partial charge in [-0.15, -0.1) is 12.4 Å². The van der Waals surface area contributed by atoms with Crippen molar-refractivity contribution in [3.63, 3.8) is 0 Å². The molecule has 0 saturated heterocycles. The van der Waals surface area contributed by atoms with E-state index >= 15 is 0 Å². The molecule has 1 aromatic carbocycles. The summed E-state index contributed by atoms with van der Waals surface area (Å²) >= 11 is 11.7. The third-order valence-corrected chi connectivity index (χ3v) is 3.18. The molecule has 0 radical (unpaired) electrons. The van der Waals surface area contributed by atoms with E-state index in [0.29, 0.717) is 21.4 Å². The number of aliphatic imine (C=N–C) groups is 1. The summed E-state index contributed by atoms with van der Waals surface area (Å²) in [7, 11) is 0. The van der Waals surface area contributed by atoms with E-state index < -0.39 is 6.10 Å². The Morgan fingerprint density at radius 1 is 1.29 bits per heavy atom. The minimum absolute atomic E-state index is 0. The van der Waals surface area contributed by atoms with Crippen molar-refractivity contribution in [2.75, 3.05) is 13.1 Å². The van der Waals surface area contributed by atoms with Gasteiger partial charge >= 0.3 is 0 Å². The Morgan fingerprint density at radius 3 is 2.65 bits per heavy atom. The molecule has 2 rings (SSSR count). The molecule has 1 heterocycles. The summed E-state index contributed by atoms with van der Waals surface area (Å²) in [5.74, 6) is 0.602. The van der Waals surface area contributed by atoms with Crippen molar-refractivity contribution in [2.24, 2.45) is 4.99 Å². The summed E-state index contributed by atoms with van der Waals surface area (Å²) in [6.07, 6.45) is 0.243. The molecular formula is C11H13Cl3N2O. The molecule has 0 aliphatic carbocycles. The van der Waals surface area contributed by atoms with Crippen molar-refractivity contribution < 1.29 is 5.11 Å². The van der Waals surface area contributed by atoms with Crippen LogP contribution >= 0.6 is 35.6 Å². The minimum atomic E-state index is -0.755. The van der Waals surface area contributed by atoms with Crippen LogP contribution in [0.5, 0.6) is 0 Å². The summed E-state index contributed by atoms with van der Waals surface area (Å²) in [5, 5.41) is 14.1. The second-order valence-corrected chi connectivity index (χ2v) is 4.44. The first-order valence-corrected chi connectivity index (χ1v) is 5.85. The lowest BCUT2D eigenvalue weighted by atomic mass is 10.1. The monoisotopic (exact) mass is 294 g/mol. The summed E-state index contributed by atoms with van der Waals surface area (Å²) in [4.78, 5) is 4.24. The average Bonchev–Trinajstić information content (AvgIpc) is 2.33. The maximum Gasteiger partial charge on any atom is 0.136 e. The quantitative estimate of drug-likeness (QED) is 0.881. The SMILES string of the molecule is Cl.OC(C1=NCCCN1)c1ccc(Cl)c(Cl)c1. The molecular weight excluding hydrogens is 282 g/mol. The van der Waals surface area contributed by atoms with E-state index in [9.17, 15) is 5.11 Å². The lowest BCUT2D eigenvalue weighted by molar-refractivity contribution is 0.241. The Hall–Kier alpha value is -0.480. The summed E-state index contributed by atoms with van der Waals surface area (Å²) in [6, 6.07) is 5.08. The first-order chi connectivity index (χ1) is 7.68. The second-order valence-electron chi connectivity index (χ2n) is 3.62. The molecule has 0 spiro atoms. The second kappa shape index (κ2) is 6.45. The van der Waals surface area contributed by atoms with Crippen molar-refractivity contribution in [2.45, 2.75) is 12.5 Å². The van der Waals surface area contributed by atoms with Gasteiger partial charge in [0.2, 0.25) is 0 Å². The molecule has 1 aliphatic rings. The fourth-order valence-electron chi connectivity index (χ4n) is 1.57. The average molecular weight is 296 g/mol. The third-order valence-electron chi connectivity index (χ3n) is 2.44. The smallest absolute Gasteiger partial charge is 0.136 e. The van der Waals surface area contributed by atoms with Crippen LogP contribution in [0.1, 0.15) is 18.1 Å². The highest BCUT2D eigenvalue weighted by Crippen LogP contribution is 2.26. The van der Waals surface area contributed by atoms with Crippen molar-refractivity contribution >= 4 is 41.4 Å². The molecule has 1 unspecified atom stereocenters. The number of benzene rings is 1. The molecule has 0 saturated carbocycles. The van der Waals surface area contributed by atoms with Crippen LogP contribution in [0.4, 0.5) is 0 Å². The van der Waals surface area contributed by atoms with Crippen LogP contribution in [0.15, 0.2) is 23.2 Å². The van der Waals surface area contributed by atoms with Crippen molar-refractivity contribution in [1.29, 1.82) is 0 Å². The highest BCUT2D eigenvalue weighted by Gasteiger charge is 2.17. The van der Waals surface area contributed by atoms with E-state index in [-0.39, 0.29) is 12.4 Å². The van der Waals surface area contributed by atoms with Gasteiger partial charge in [-0.05, 0) is 24.1 Å². The van der Waals surface area contributed by atoms with Crippen LogP contribution in [0.2, 0.25) is 10.0 Å². The molecule has 6 heteroatoms. The predicted octanol–water partition coefficient (Wildman–Crippen LogP) is 2.84. The molecule has 94 valence electrons. The highest BCUT2D eigenvalue weighted by molar-refractivity contribution is 6.42. The fourth-order valence-corrected chi connectivity index (χ4v) is 1.88. The highest BCUT2D eigenvalue weighted by atomic mass is 35.5. The molecule has 2 N–H and O–H groups in total. The Labute approximate surface area is 116 Å². The predicted molar refractivity (Wildman–Crippen MR) is 73.6 cm³/mol. The Balaban J connectivity index is 0.00000144. The van der Waals surface area contributed by atoms with Crippen molar-refractivity contribution in [3.05, 3.63) is 33.8 Å². The zero-order valence-electron chi connectivity index (χ0n) is 8.99. The van der Waals surface area contributed by atoms with Crippen molar-refractivity contribution in [1.82, 2.24) is 5.32 Å². The molecule has 0 amide bonds. The normalized spacial score (nSPS) is 16.5. The maximum atomic E-state index is 10.1. The topological polar surface area (TPSA) is 44.6 Å². The number of aliphatic hydroxyl groups is 1. The largest absolute Gasteiger partial charge is 0.380 e. The third kappa shape index (κ3) is 3.49. The van der Waals surface area contributed by atoms with E-state index in [4.69, 9.17) is 23.2 Å². The lowest BCUT2D eigenvalue weighted by Gasteiger charge is -2.19. The van der Waals surface area contributed by atoms with Crippen LogP contribution in [-0.4, -0.2) is 24.0 Å². The molecule has 0 fully saturated rings. The van der Waals surface area contributed by atoms with Gasteiger partial charge in [-0.25, -0.2) is 0 Å². The Kier molecular flexibility index (Phi) is 5.53. The van der Waals surface area contributed by atoms with Crippen LogP contribution in [0.3, 0.4) is 0 Å². The van der Waals surface area contributed by atoms with E-state index in [1.807, 2.05) is 0 Å². The lowest BCUT2D eigenvalue weighted by Crippen LogP contribution is -2.34. The number of hydrogen-bond donors (Lipinski definition) is 2. The standard InChI is InChI=1S/C11H12Cl2N2O.ClH/c12-8-3-2-7(6-9(8)13)10(16)11-14-4-1-5-15-11;/h2-3,6,10,16H,1,4-5H2,(H,14,15);1H. The molecule has 1 aromatic rings. The molecule has 3 nitrogen and oxygen atoms in total. The van der Waals surface area contributed by atoms with Crippen LogP contribution < -0.4 is 5.32 Å². The van der Waals surface area contributed by atoms with E-state index in [0.717, 1.165) is 19.5 Å². The number of amidine groups is 1. The Morgan fingerprint density at radius 2 is 2.06 bits per heavy atom. The van der Waals surface area contributed by atoms with E-state index in [1.165, 1.54) is 0 Å². The maximum absolute atomic E-state index is 10.1. The van der Waals surface area contributed by atoms with Gasteiger partial charge in [0.1, 0.15) is 11.9 Å². The number of nitrogens with one attached hydrogen (secondary N) is 1. The number of nitrogens with zero attached hydrogens (tertiary/aromatic N) is 1. The van der Waals surface area contributed by atoms with Crippen LogP contribution in [0, 0.1) is 0 Å². The molecule has 1 aliphatic heterocycles. The van der Waals surface area contributed by atoms with Gasteiger partial charge in [-0.1, -0.05) is 29.3 Å². The van der Waals surface area contributed by atoms with Crippen LogP contribution in [-0.2, 0) is 0 Å². The van der Waals surface area contributed by atoms with Gasteiger partial charge in [-0.2, -0.15) is 0 Å². The molecule has 0 aromatic heterocycles. The molecule has 0 bridgehead atoms. The van der Waals surface area contributed by atoms with Crippen molar-refractivity contribution in [3.8, 4) is 0 Å². The van der Waals surface area contributed by atoms with Gasteiger partial charge < -0.3 is 10.4 Å². The Bertz CT molecular complexity index is 423. The van der Waals surface area contributed by atoms with E-state index in [1.54, 1.807) is 18.2 Å². The molecule has 1 atom stereocenters. The zero-order valence-corrected chi connectivity index (χ0v) is 11.3. The van der Waals surface area contributed by atoms with Crippen LogP contribution in [0.25, 0.3) is 0 Å². The van der Waals surface area contributed by atoms with Gasteiger partial charge in [0.15, 0.2) is 0 Å². The first-order valence-electron chi connectivity index (χ1n) is 5.09.